The lowest BCUT2D eigenvalue weighted by Crippen LogP contribution is -2.06. The molecule has 0 aromatic carbocycles. The lowest BCUT2D eigenvalue weighted by molar-refractivity contribution is 0.788. The molecule has 12 heavy (non-hydrogen) atoms. The van der Waals surface area contributed by atoms with Crippen LogP contribution in [0.25, 0.3) is 0 Å². The van der Waals surface area contributed by atoms with Crippen molar-refractivity contribution in [3.8, 4) is 0 Å². The Morgan fingerprint density at radius 1 is 1.58 bits per heavy atom. The second-order valence-electron chi connectivity index (χ2n) is 2.71. The summed E-state index contributed by atoms with van der Waals surface area (Å²) in [5, 5.41) is 3.08. The summed E-state index contributed by atoms with van der Waals surface area (Å²) >= 11 is 3.50. The van der Waals surface area contributed by atoms with Crippen molar-refractivity contribution in [1.82, 2.24) is 14.9 Å². The molecule has 0 bridgehead atoms. The van der Waals surface area contributed by atoms with Gasteiger partial charge in [0, 0.05) is 20.0 Å². The Hall–Kier alpha value is -0.350. The molecular formula is C8H14BrN3. The van der Waals surface area contributed by atoms with E-state index in [0.717, 1.165) is 29.1 Å². The average molecular weight is 232 g/mol. The number of hydrogen-bond donors (Lipinski definition) is 1. The van der Waals surface area contributed by atoms with Gasteiger partial charge in [-0.25, -0.2) is 4.98 Å². The summed E-state index contributed by atoms with van der Waals surface area (Å²) in [4.78, 5) is 4.47. The first-order valence-electron chi connectivity index (χ1n) is 4.05. The molecule has 0 atom stereocenters. The highest BCUT2D eigenvalue weighted by Crippen LogP contribution is 2.17. The second-order valence-corrected chi connectivity index (χ2v) is 3.46. The molecule has 1 heterocycles. The normalized spacial score (nSPS) is 10.7. The van der Waals surface area contributed by atoms with E-state index in [1.807, 2.05) is 14.1 Å². The number of nitrogens with zero attached hydrogens (tertiary/aromatic N) is 2. The largest absolute Gasteiger partial charge is 0.326 e. The minimum Gasteiger partial charge on any atom is -0.326 e. The number of aromatic nitrogens is 2. The highest BCUT2D eigenvalue weighted by Gasteiger charge is 2.09. The highest BCUT2D eigenvalue weighted by atomic mass is 79.9. The van der Waals surface area contributed by atoms with Crippen molar-refractivity contribution >= 4 is 15.9 Å². The summed E-state index contributed by atoms with van der Waals surface area (Å²) in [5.41, 5.74) is 1.08. The van der Waals surface area contributed by atoms with E-state index < -0.39 is 0 Å². The Bertz CT molecular complexity index is 268. The number of rotatable bonds is 3. The predicted octanol–water partition coefficient (Wildman–Crippen LogP) is 1.46. The Kier molecular flexibility index (Phi) is 3.29. The van der Waals surface area contributed by atoms with Crippen LogP contribution in [-0.4, -0.2) is 16.6 Å². The van der Waals surface area contributed by atoms with Crippen LogP contribution in [0.15, 0.2) is 4.60 Å². The third-order valence-electron chi connectivity index (χ3n) is 1.84. The van der Waals surface area contributed by atoms with Gasteiger partial charge in [0.15, 0.2) is 0 Å². The van der Waals surface area contributed by atoms with Gasteiger partial charge in [-0.1, -0.05) is 6.92 Å². The third-order valence-corrected chi connectivity index (χ3v) is 2.83. The van der Waals surface area contributed by atoms with E-state index in [9.17, 15) is 0 Å². The number of nitrogens with one attached hydrogen (secondary N) is 1. The van der Waals surface area contributed by atoms with E-state index in [-0.39, 0.29) is 0 Å². The molecule has 0 amide bonds. The number of halogens is 1. The van der Waals surface area contributed by atoms with Crippen LogP contribution >= 0.6 is 15.9 Å². The monoisotopic (exact) mass is 231 g/mol. The molecule has 1 aromatic heterocycles. The van der Waals surface area contributed by atoms with Gasteiger partial charge in [-0.2, -0.15) is 0 Å². The minimum atomic E-state index is 0.814. The molecule has 4 heteroatoms. The van der Waals surface area contributed by atoms with Gasteiger partial charge in [0.2, 0.25) is 0 Å². The van der Waals surface area contributed by atoms with Crippen LogP contribution in [0.4, 0.5) is 0 Å². The van der Waals surface area contributed by atoms with Crippen molar-refractivity contribution in [1.29, 1.82) is 0 Å². The van der Waals surface area contributed by atoms with Crippen LogP contribution in [0, 0.1) is 0 Å². The van der Waals surface area contributed by atoms with Gasteiger partial charge in [0.05, 0.1) is 5.69 Å². The first kappa shape index (κ1) is 9.74. The molecule has 0 aliphatic carbocycles. The molecule has 0 unspecified atom stereocenters. The number of aryl methyl sites for hydroxylation is 1. The molecule has 68 valence electrons. The maximum atomic E-state index is 4.47. The molecule has 0 spiro atoms. The summed E-state index contributed by atoms with van der Waals surface area (Å²) in [5.74, 6) is 1.12. The third kappa shape index (κ3) is 1.69. The second kappa shape index (κ2) is 4.05. The quantitative estimate of drug-likeness (QED) is 0.855. The first-order valence-corrected chi connectivity index (χ1v) is 4.84. The Balaban J connectivity index is 2.98. The van der Waals surface area contributed by atoms with Crippen molar-refractivity contribution in [2.24, 2.45) is 7.05 Å². The van der Waals surface area contributed by atoms with Crippen LogP contribution in [0.5, 0.6) is 0 Å². The number of hydrogen-bond acceptors (Lipinski definition) is 2. The summed E-state index contributed by atoms with van der Waals surface area (Å²) < 4.78 is 3.15. The maximum Gasteiger partial charge on any atom is 0.109 e. The van der Waals surface area contributed by atoms with Gasteiger partial charge in [0.1, 0.15) is 10.4 Å². The summed E-state index contributed by atoms with van der Waals surface area (Å²) in [6.45, 7) is 2.92. The van der Waals surface area contributed by atoms with Gasteiger partial charge in [-0.15, -0.1) is 0 Å². The fraction of sp³-hybridized carbons (Fsp3) is 0.625. The van der Waals surface area contributed by atoms with E-state index in [1.54, 1.807) is 0 Å². The summed E-state index contributed by atoms with van der Waals surface area (Å²) in [7, 11) is 3.95. The zero-order valence-electron chi connectivity index (χ0n) is 7.69. The van der Waals surface area contributed by atoms with Crippen LogP contribution < -0.4 is 5.32 Å². The van der Waals surface area contributed by atoms with Gasteiger partial charge >= 0.3 is 0 Å². The fourth-order valence-corrected chi connectivity index (χ4v) is 1.61. The van der Waals surface area contributed by atoms with E-state index in [1.165, 1.54) is 0 Å². The highest BCUT2D eigenvalue weighted by molar-refractivity contribution is 9.10. The Labute approximate surface area is 81.3 Å². The van der Waals surface area contributed by atoms with E-state index in [4.69, 9.17) is 0 Å². The van der Waals surface area contributed by atoms with Crippen molar-refractivity contribution in [2.45, 2.75) is 19.9 Å². The zero-order valence-corrected chi connectivity index (χ0v) is 9.27. The van der Waals surface area contributed by atoms with Crippen molar-refractivity contribution < 1.29 is 0 Å². The van der Waals surface area contributed by atoms with Crippen molar-refractivity contribution in [3.05, 3.63) is 16.1 Å². The maximum absolute atomic E-state index is 4.47. The molecule has 1 rings (SSSR count). The summed E-state index contributed by atoms with van der Waals surface area (Å²) in [6, 6.07) is 0. The average Bonchev–Trinajstić information content (AvgIpc) is 2.33. The molecule has 0 fully saturated rings. The van der Waals surface area contributed by atoms with Crippen LogP contribution in [-0.2, 0) is 20.0 Å². The molecule has 3 nitrogen and oxygen atoms in total. The van der Waals surface area contributed by atoms with E-state index >= 15 is 0 Å². The van der Waals surface area contributed by atoms with Gasteiger partial charge in [0.25, 0.3) is 0 Å². The molecule has 0 aliphatic rings. The van der Waals surface area contributed by atoms with E-state index in [2.05, 4.69) is 37.7 Å². The summed E-state index contributed by atoms with van der Waals surface area (Å²) in [6.07, 6.45) is 0.971. The standard InChI is InChI=1S/C8H14BrN3/c1-4-7-11-6(5-10-2)8(9)12(7)3/h10H,4-5H2,1-3H3. The van der Waals surface area contributed by atoms with Crippen LogP contribution in [0.3, 0.4) is 0 Å². The van der Waals surface area contributed by atoms with Crippen molar-refractivity contribution in [3.63, 3.8) is 0 Å². The fourth-order valence-electron chi connectivity index (χ4n) is 1.18. The first-order chi connectivity index (χ1) is 5.70. The topological polar surface area (TPSA) is 29.9 Å². The van der Waals surface area contributed by atoms with E-state index in [0.29, 0.717) is 0 Å². The predicted molar refractivity (Wildman–Crippen MR) is 53.0 cm³/mol. The molecule has 0 saturated heterocycles. The van der Waals surface area contributed by atoms with Crippen LogP contribution in [0.2, 0.25) is 0 Å². The number of imidazole rings is 1. The van der Waals surface area contributed by atoms with Gasteiger partial charge < -0.3 is 9.88 Å². The zero-order chi connectivity index (χ0) is 9.14. The Morgan fingerprint density at radius 3 is 2.67 bits per heavy atom. The lowest BCUT2D eigenvalue weighted by Gasteiger charge is -1.97. The Morgan fingerprint density at radius 2 is 2.25 bits per heavy atom. The molecule has 0 aliphatic heterocycles. The van der Waals surface area contributed by atoms with Crippen molar-refractivity contribution in [2.75, 3.05) is 7.05 Å². The molecule has 0 radical (unpaired) electrons. The molecule has 1 aromatic rings. The minimum absolute atomic E-state index is 0.814. The molecule has 1 N–H and O–H groups in total. The smallest absolute Gasteiger partial charge is 0.109 e. The molecular weight excluding hydrogens is 218 g/mol. The SMILES string of the molecule is CCc1nc(CNC)c(Br)n1C. The molecule has 0 saturated carbocycles. The van der Waals surface area contributed by atoms with Crippen LogP contribution in [0.1, 0.15) is 18.4 Å². The van der Waals surface area contributed by atoms with Gasteiger partial charge in [-0.3, -0.25) is 0 Å². The lowest BCUT2D eigenvalue weighted by atomic mass is 10.4. The van der Waals surface area contributed by atoms with Gasteiger partial charge in [-0.05, 0) is 23.0 Å².